The van der Waals surface area contributed by atoms with E-state index in [2.05, 4.69) is 17.4 Å². The molecule has 0 spiro atoms. The van der Waals surface area contributed by atoms with Gasteiger partial charge in [0.1, 0.15) is 11.9 Å². The van der Waals surface area contributed by atoms with E-state index >= 15 is 0 Å². The van der Waals surface area contributed by atoms with Crippen molar-refractivity contribution < 1.29 is 14.3 Å². The number of amides is 3. The molecule has 1 saturated heterocycles. The Labute approximate surface area is 190 Å². The maximum absolute atomic E-state index is 13.4. The van der Waals surface area contributed by atoms with Crippen molar-refractivity contribution in [3.8, 4) is 5.75 Å². The van der Waals surface area contributed by atoms with E-state index in [0.717, 1.165) is 42.7 Å². The summed E-state index contributed by atoms with van der Waals surface area (Å²) in [6.45, 7) is 6.32. The van der Waals surface area contributed by atoms with E-state index in [1.807, 2.05) is 60.0 Å². The molecular formula is C26H33N3O3. The first-order valence-electron chi connectivity index (χ1n) is 11.7. The van der Waals surface area contributed by atoms with E-state index in [1.165, 1.54) is 5.56 Å². The van der Waals surface area contributed by atoms with Crippen molar-refractivity contribution in [2.24, 2.45) is 5.92 Å². The lowest BCUT2D eigenvalue weighted by Gasteiger charge is -2.39. The standard InChI is InChI=1S/C26H33N3O3/c1-19-12-13-24-23(16-19)29(17-20(2)32-24)26(31)28-15-7-11-22(18-28)25(30)27-14-6-10-21-8-4-3-5-9-21/h3-5,8-9,12-13,16,20,22H,6-7,10-11,14-15,17-18H2,1-2H3,(H,27,30)/t20-,22+/m1/s1. The van der Waals surface area contributed by atoms with Gasteiger partial charge in [-0.15, -0.1) is 0 Å². The summed E-state index contributed by atoms with van der Waals surface area (Å²) in [5.74, 6) is 0.648. The van der Waals surface area contributed by atoms with Gasteiger partial charge in [0.25, 0.3) is 0 Å². The molecule has 2 aromatic carbocycles. The molecule has 0 radical (unpaired) electrons. The fourth-order valence-electron chi connectivity index (χ4n) is 4.56. The van der Waals surface area contributed by atoms with Gasteiger partial charge in [0.15, 0.2) is 0 Å². The molecule has 3 amide bonds. The molecule has 6 heteroatoms. The van der Waals surface area contributed by atoms with Crippen molar-refractivity contribution in [3.63, 3.8) is 0 Å². The first-order chi connectivity index (χ1) is 15.5. The number of benzene rings is 2. The molecule has 2 aliphatic rings. The molecule has 32 heavy (non-hydrogen) atoms. The Morgan fingerprint density at radius 3 is 2.75 bits per heavy atom. The third-order valence-corrected chi connectivity index (χ3v) is 6.25. The van der Waals surface area contributed by atoms with Crippen LogP contribution in [0.2, 0.25) is 0 Å². The molecule has 170 valence electrons. The summed E-state index contributed by atoms with van der Waals surface area (Å²) in [5, 5.41) is 3.08. The van der Waals surface area contributed by atoms with Gasteiger partial charge in [-0.1, -0.05) is 36.4 Å². The zero-order chi connectivity index (χ0) is 22.5. The van der Waals surface area contributed by atoms with E-state index in [1.54, 1.807) is 0 Å². The monoisotopic (exact) mass is 435 g/mol. The predicted octanol–water partition coefficient (Wildman–Crippen LogP) is 4.16. The molecule has 2 aliphatic heterocycles. The van der Waals surface area contributed by atoms with E-state index in [-0.39, 0.29) is 24.0 Å². The molecule has 6 nitrogen and oxygen atoms in total. The van der Waals surface area contributed by atoms with Crippen LogP contribution in [0.1, 0.15) is 37.3 Å². The van der Waals surface area contributed by atoms with Crippen molar-refractivity contribution in [2.75, 3.05) is 31.1 Å². The average Bonchev–Trinajstić information content (AvgIpc) is 2.82. The number of urea groups is 1. The molecule has 2 heterocycles. The van der Waals surface area contributed by atoms with Gasteiger partial charge in [0.2, 0.25) is 5.91 Å². The van der Waals surface area contributed by atoms with Gasteiger partial charge in [-0.2, -0.15) is 0 Å². The Morgan fingerprint density at radius 2 is 1.94 bits per heavy atom. The van der Waals surface area contributed by atoms with Gasteiger partial charge in [-0.25, -0.2) is 4.79 Å². The summed E-state index contributed by atoms with van der Waals surface area (Å²) in [6.07, 6.45) is 3.46. The molecule has 2 aromatic rings. The second-order valence-corrected chi connectivity index (χ2v) is 8.96. The molecular weight excluding hydrogens is 402 g/mol. The topological polar surface area (TPSA) is 61.9 Å². The highest BCUT2D eigenvalue weighted by Gasteiger charge is 2.34. The maximum Gasteiger partial charge on any atom is 0.324 e. The van der Waals surface area contributed by atoms with Crippen molar-refractivity contribution in [2.45, 2.75) is 45.6 Å². The van der Waals surface area contributed by atoms with Crippen molar-refractivity contribution in [1.29, 1.82) is 0 Å². The molecule has 2 atom stereocenters. The first-order valence-corrected chi connectivity index (χ1v) is 11.7. The number of anilines is 1. The van der Waals surface area contributed by atoms with Crippen molar-refractivity contribution >= 4 is 17.6 Å². The first kappa shape index (κ1) is 22.2. The van der Waals surface area contributed by atoms with Gasteiger partial charge >= 0.3 is 6.03 Å². The third kappa shape index (κ3) is 5.23. The second kappa shape index (κ2) is 10.1. The van der Waals surface area contributed by atoms with Crippen LogP contribution in [0.25, 0.3) is 0 Å². The van der Waals surface area contributed by atoms with Crippen LogP contribution in [0.3, 0.4) is 0 Å². The zero-order valence-electron chi connectivity index (χ0n) is 19.0. The molecule has 0 aliphatic carbocycles. The third-order valence-electron chi connectivity index (χ3n) is 6.25. The normalized spacial score (nSPS) is 20.3. The number of carbonyl (C=O) groups is 2. The van der Waals surface area contributed by atoms with E-state index in [0.29, 0.717) is 26.2 Å². The maximum atomic E-state index is 13.4. The number of nitrogens with one attached hydrogen (secondary N) is 1. The summed E-state index contributed by atoms with van der Waals surface area (Å²) in [6, 6.07) is 16.2. The lowest BCUT2D eigenvalue weighted by molar-refractivity contribution is -0.126. The number of carbonyl (C=O) groups excluding carboxylic acids is 2. The van der Waals surface area contributed by atoms with Crippen LogP contribution in [-0.2, 0) is 11.2 Å². The molecule has 0 unspecified atom stereocenters. The summed E-state index contributed by atoms with van der Waals surface area (Å²) in [5.41, 5.74) is 3.19. The fraction of sp³-hybridized carbons (Fsp3) is 0.462. The summed E-state index contributed by atoms with van der Waals surface area (Å²) in [7, 11) is 0. The van der Waals surface area contributed by atoms with Gasteiger partial charge < -0.3 is 15.0 Å². The largest absolute Gasteiger partial charge is 0.487 e. The average molecular weight is 436 g/mol. The number of piperidine rings is 1. The minimum Gasteiger partial charge on any atom is -0.487 e. The number of hydrogen-bond acceptors (Lipinski definition) is 3. The molecule has 4 rings (SSSR count). The highest BCUT2D eigenvalue weighted by Crippen LogP contribution is 2.35. The van der Waals surface area contributed by atoms with Crippen LogP contribution < -0.4 is 15.0 Å². The smallest absolute Gasteiger partial charge is 0.324 e. The highest BCUT2D eigenvalue weighted by atomic mass is 16.5. The molecule has 0 bridgehead atoms. The van der Waals surface area contributed by atoms with Crippen LogP contribution in [-0.4, -0.2) is 49.1 Å². The SMILES string of the molecule is Cc1ccc2c(c1)N(C(=O)N1CCC[C@H](C(=O)NCCCc3ccccc3)C1)C[C@@H](C)O2. The Balaban J connectivity index is 1.33. The van der Waals surface area contributed by atoms with Crippen LogP contribution in [0.5, 0.6) is 5.75 Å². The number of nitrogens with zero attached hydrogens (tertiary/aromatic N) is 2. The Bertz CT molecular complexity index is 947. The lowest BCUT2D eigenvalue weighted by Crippen LogP contribution is -2.53. The summed E-state index contributed by atoms with van der Waals surface area (Å²) >= 11 is 0. The van der Waals surface area contributed by atoms with Gasteiger partial charge in [-0.3, -0.25) is 9.69 Å². The fourth-order valence-corrected chi connectivity index (χ4v) is 4.56. The number of hydrogen-bond donors (Lipinski definition) is 1. The molecule has 1 fully saturated rings. The number of fused-ring (bicyclic) bond motifs is 1. The van der Waals surface area contributed by atoms with Gasteiger partial charge in [-0.05, 0) is 62.8 Å². The van der Waals surface area contributed by atoms with Gasteiger partial charge in [0, 0.05) is 19.6 Å². The van der Waals surface area contributed by atoms with Gasteiger partial charge in [0.05, 0.1) is 18.2 Å². The highest BCUT2D eigenvalue weighted by molar-refractivity contribution is 5.94. The van der Waals surface area contributed by atoms with Crippen LogP contribution in [0, 0.1) is 12.8 Å². The molecule has 1 N–H and O–H groups in total. The predicted molar refractivity (Wildman–Crippen MR) is 126 cm³/mol. The Kier molecular flexibility index (Phi) is 6.98. The minimum atomic E-state index is -0.153. The second-order valence-electron chi connectivity index (χ2n) is 8.96. The van der Waals surface area contributed by atoms with Crippen LogP contribution in [0.15, 0.2) is 48.5 Å². The number of ether oxygens (including phenoxy) is 1. The summed E-state index contributed by atoms with van der Waals surface area (Å²) < 4.78 is 5.92. The Morgan fingerprint density at radius 1 is 1.12 bits per heavy atom. The van der Waals surface area contributed by atoms with Crippen molar-refractivity contribution in [3.05, 3.63) is 59.7 Å². The number of rotatable bonds is 5. The molecule has 0 saturated carbocycles. The zero-order valence-corrected chi connectivity index (χ0v) is 19.0. The van der Waals surface area contributed by atoms with Crippen LogP contribution >= 0.6 is 0 Å². The molecule has 0 aromatic heterocycles. The number of aryl methyl sites for hydroxylation is 2. The van der Waals surface area contributed by atoms with Crippen molar-refractivity contribution in [1.82, 2.24) is 10.2 Å². The summed E-state index contributed by atoms with van der Waals surface area (Å²) in [4.78, 5) is 29.8. The van der Waals surface area contributed by atoms with Crippen LogP contribution in [0.4, 0.5) is 10.5 Å². The quantitative estimate of drug-likeness (QED) is 0.718. The minimum absolute atomic E-state index is 0.0337. The van der Waals surface area contributed by atoms with E-state index in [4.69, 9.17) is 4.74 Å². The Hall–Kier alpha value is -3.02. The van der Waals surface area contributed by atoms with E-state index in [9.17, 15) is 9.59 Å². The number of likely N-dealkylation sites (tertiary alicyclic amines) is 1. The lowest BCUT2D eigenvalue weighted by atomic mass is 9.97. The van der Waals surface area contributed by atoms with E-state index < -0.39 is 0 Å².